The zero-order valence-corrected chi connectivity index (χ0v) is 30.8. The molecule has 4 saturated carbocycles. The summed E-state index contributed by atoms with van der Waals surface area (Å²) in [5, 5.41) is 46.7. The lowest BCUT2D eigenvalue weighted by Crippen LogP contribution is -2.63. The van der Waals surface area contributed by atoms with Crippen molar-refractivity contribution in [3.63, 3.8) is 0 Å². The van der Waals surface area contributed by atoms with Gasteiger partial charge in [-0.15, -0.1) is 8.67 Å². The zero-order chi connectivity index (χ0) is 34.8. The molecule has 5 fully saturated rings. The highest BCUT2D eigenvalue weighted by Gasteiger charge is 2.67. The van der Waals surface area contributed by atoms with Crippen LogP contribution in [0.15, 0.2) is 12.2 Å². The predicted molar refractivity (Wildman–Crippen MR) is 176 cm³/mol. The quantitative estimate of drug-likeness (QED) is 0.0186. The van der Waals surface area contributed by atoms with Crippen LogP contribution < -0.4 is 0 Å². The number of alkyl halides is 1. The number of carboxylic acids is 1. The van der Waals surface area contributed by atoms with Crippen molar-refractivity contribution in [3.05, 3.63) is 12.2 Å². The van der Waals surface area contributed by atoms with Crippen LogP contribution in [0.4, 0.5) is 0 Å². The maximum atomic E-state index is 13.1. The standard InChI is InChI=1S/C30H45IO15S2/c1-14(2)9-22(32)40-25-24(42-48-46-44-37)23(41-47-45-43-36)20(13-31)39-28(25)38-17-10-18(27(34)35)19-7-8-30-11-16(15(3)26(30)33)5-6-21(30)29(19,4)12-17/h14,16-21,23-26,28,33,36-37H,3,5-13H2,1-2,4H3,(H,34,35)/t16?,17?,18?,19?,20-,21?,23+,24+,25?,26-,28+,29?,30?/m0/s1/i31-2. The molecule has 1 heterocycles. The van der Waals surface area contributed by atoms with Gasteiger partial charge in [0.25, 0.3) is 0 Å². The number of rotatable bonds is 15. The molecule has 2 bridgehead atoms. The van der Waals surface area contributed by atoms with Gasteiger partial charge in [-0.25, -0.2) is 10.5 Å². The molecule has 1 spiro atoms. The molecule has 274 valence electrons. The van der Waals surface area contributed by atoms with Crippen LogP contribution in [0.3, 0.4) is 0 Å². The lowest BCUT2D eigenvalue weighted by Gasteiger charge is -2.62. The van der Waals surface area contributed by atoms with Crippen LogP contribution >= 0.6 is 47.2 Å². The molecule has 4 aliphatic carbocycles. The molecule has 15 nitrogen and oxygen atoms in total. The Balaban J connectivity index is 1.46. The van der Waals surface area contributed by atoms with Crippen molar-refractivity contribution in [1.29, 1.82) is 0 Å². The number of carbonyl (C=O) groups excluding carboxylic acids is 1. The first-order valence-corrected chi connectivity index (χ1v) is 19.0. The number of carbonyl (C=O) groups is 2. The Labute approximate surface area is 301 Å². The molecule has 0 radical (unpaired) electrons. The third-order valence-corrected chi connectivity index (χ3v) is 13.1. The Morgan fingerprint density at radius 3 is 2.38 bits per heavy atom. The summed E-state index contributed by atoms with van der Waals surface area (Å²) in [6.07, 6.45) is -1.81. The summed E-state index contributed by atoms with van der Waals surface area (Å²) in [6, 6.07) is 0. The molecule has 5 rings (SSSR count). The average molecular weight is 835 g/mol. The zero-order valence-electron chi connectivity index (χ0n) is 27.0. The average Bonchev–Trinajstić information content (AvgIpc) is 3.21. The van der Waals surface area contributed by atoms with Crippen molar-refractivity contribution in [1.82, 2.24) is 0 Å². The third-order valence-electron chi connectivity index (χ3n) is 11.4. The summed E-state index contributed by atoms with van der Waals surface area (Å²) in [5.74, 6) is -1.96. The van der Waals surface area contributed by atoms with Gasteiger partial charge in [0, 0.05) is 16.3 Å². The Bertz CT molecular complexity index is 1150. The van der Waals surface area contributed by atoms with Crippen LogP contribution in [0.5, 0.6) is 0 Å². The van der Waals surface area contributed by atoms with E-state index in [4.69, 9.17) is 33.1 Å². The molecule has 0 aromatic heterocycles. The van der Waals surface area contributed by atoms with Crippen molar-refractivity contribution >= 4 is 59.2 Å². The molecule has 0 aromatic carbocycles. The molecule has 1 saturated heterocycles. The van der Waals surface area contributed by atoms with Gasteiger partial charge in [0.2, 0.25) is 0 Å². The fourth-order valence-corrected chi connectivity index (χ4v) is 11.1. The smallest absolute Gasteiger partial charge is 0.306 e. The highest BCUT2D eigenvalue weighted by atomic mass is 125. The Hall–Kier alpha value is -0.330. The molecule has 0 amide bonds. The normalized spacial score (nSPS) is 42.3. The number of halogens is 1. The molecule has 48 heavy (non-hydrogen) atoms. The van der Waals surface area contributed by atoms with Gasteiger partial charge in [-0.05, 0) is 79.6 Å². The number of hydrogen-bond donors (Lipinski definition) is 4. The summed E-state index contributed by atoms with van der Waals surface area (Å²) in [5.41, 5.74) is 0.0886. The van der Waals surface area contributed by atoms with E-state index in [1.54, 1.807) is 0 Å². The van der Waals surface area contributed by atoms with Crippen LogP contribution in [0.2, 0.25) is 0 Å². The van der Waals surface area contributed by atoms with E-state index < -0.39 is 66.2 Å². The Kier molecular flexibility index (Phi) is 13.4. The number of ether oxygens (including phenoxy) is 3. The van der Waals surface area contributed by atoms with Gasteiger partial charge in [-0.2, -0.15) is 0 Å². The second-order valence-electron chi connectivity index (χ2n) is 14.3. The largest absolute Gasteiger partial charge is 0.481 e. The van der Waals surface area contributed by atoms with Crippen molar-refractivity contribution < 1.29 is 71.6 Å². The van der Waals surface area contributed by atoms with E-state index in [1.807, 2.05) is 13.8 Å². The fraction of sp³-hybridized carbons (Fsp3) is 0.867. The molecule has 13 atom stereocenters. The summed E-state index contributed by atoms with van der Waals surface area (Å²) < 4.78 is 39.6. The molecular formula is C30H45IO15S2. The lowest BCUT2D eigenvalue weighted by atomic mass is 9.43. The number of aliphatic carboxylic acids is 1. The van der Waals surface area contributed by atoms with Crippen molar-refractivity contribution in [2.24, 2.45) is 40.4 Å². The van der Waals surface area contributed by atoms with Gasteiger partial charge in [0.1, 0.15) is 18.3 Å². The van der Waals surface area contributed by atoms with Gasteiger partial charge in [-0.1, -0.05) is 60.0 Å². The van der Waals surface area contributed by atoms with E-state index in [2.05, 4.69) is 54.8 Å². The van der Waals surface area contributed by atoms with E-state index in [9.17, 15) is 19.8 Å². The SMILES string of the molecule is C=C1C2CCC3C4(C)CC(O[C@@H]5O[C@@H](C[125I])[C@@H](OSOOO)[C@@H](OSOOO)C5OC(=O)CC(C)C)CC(C(=O)O)C4CCC3(C2)[C@H]1O. The van der Waals surface area contributed by atoms with Gasteiger partial charge in [-0.3, -0.25) is 18.0 Å². The van der Waals surface area contributed by atoms with E-state index in [0.29, 0.717) is 17.3 Å². The van der Waals surface area contributed by atoms with Crippen LogP contribution in [-0.4, -0.2) is 80.0 Å². The highest BCUT2D eigenvalue weighted by molar-refractivity contribution is 14.1. The maximum absolute atomic E-state index is 13.1. The van der Waals surface area contributed by atoms with Crippen LogP contribution in [0.25, 0.3) is 0 Å². The molecule has 8 unspecified atom stereocenters. The fourth-order valence-electron chi connectivity index (χ4n) is 9.67. The second-order valence-corrected chi connectivity index (χ2v) is 16.1. The molecule has 1 aliphatic heterocycles. The second kappa shape index (κ2) is 16.6. The number of esters is 1. The first kappa shape index (κ1) is 38.9. The monoisotopic (exact) mass is 834 g/mol. The predicted octanol–water partition coefficient (Wildman–Crippen LogP) is 5.47. The Morgan fingerprint density at radius 1 is 1.06 bits per heavy atom. The number of carboxylic acid groups (broad SMARTS) is 1. The van der Waals surface area contributed by atoms with Gasteiger partial charge in [0.15, 0.2) is 37.0 Å². The third kappa shape index (κ3) is 7.72. The van der Waals surface area contributed by atoms with E-state index in [1.165, 1.54) is 0 Å². The van der Waals surface area contributed by atoms with Gasteiger partial charge < -0.3 is 24.4 Å². The molecule has 4 N–H and O–H groups in total. The molecule has 18 heteroatoms. The van der Waals surface area contributed by atoms with E-state index >= 15 is 0 Å². The minimum absolute atomic E-state index is 0.0386. The van der Waals surface area contributed by atoms with Crippen molar-refractivity contribution in [2.75, 3.05) is 4.43 Å². The van der Waals surface area contributed by atoms with Gasteiger partial charge in [0.05, 0.1) is 18.1 Å². The van der Waals surface area contributed by atoms with Gasteiger partial charge >= 0.3 is 11.9 Å². The van der Waals surface area contributed by atoms with Crippen LogP contribution in [0, 0.1) is 40.4 Å². The summed E-state index contributed by atoms with van der Waals surface area (Å²) >= 11 is 2.61. The van der Waals surface area contributed by atoms with Crippen LogP contribution in [-0.2, 0) is 50.9 Å². The van der Waals surface area contributed by atoms with E-state index in [0.717, 1.165) is 31.3 Å². The molecular weight excluding hydrogens is 789 g/mol. The molecule has 0 aromatic rings. The minimum Gasteiger partial charge on any atom is -0.481 e. The minimum atomic E-state index is -1.27. The topological polar surface area (TPSA) is 198 Å². The maximum Gasteiger partial charge on any atom is 0.306 e. The van der Waals surface area contributed by atoms with Crippen molar-refractivity contribution in [3.8, 4) is 0 Å². The summed E-state index contributed by atoms with van der Waals surface area (Å²) in [7, 11) is 0. The summed E-state index contributed by atoms with van der Waals surface area (Å²) in [6.45, 7) is 10.1. The lowest BCUT2D eigenvalue weighted by molar-refractivity contribution is -0.436. The molecule has 5 aliphatic rings. The Morgan fingerprint density at radius 2 is 1.75 bits per heavy atom. The number of hydrogen-bond acceptors (Lipinski definition) is 16. The number of aliphatic hydroxyl groups is 1. The first-order chi connectivity index (χ1) is 22.9. The van der Waals surface area contributed by atoms with Crippen LogP contribution in [0.1, 0.15) is 72.1 Å². The summed E-state index contributed by atoms with van der Waals surface area (Å²) in [4.78, 5) is 25.9. The van der Waals surface area contributed by atoms with Crippen molar-refractivity contribution in [2.45, 2.75) is 115 Å². The number of aliphatic hydroxyl groups excluding tert-OH is 1. The van der Waals surface area contributed by atoms with E-state index in [-0.39, 0.29) is 66.6 Å². The number of fused-ring (bicyclic) bond motifs is 3. The highest BCUT2D eigenvalue weighted by Crippen LogP contribution is 2.70. The first-order valence-electron chi connectivity index (χ1n) is 16.2.